The van der Waals surface area contributed by atoms with E-state index in [1.165, 1.54) is 5.56 Å². The van der Waals surface area contributed by atoms with E-state index in [4.69, 9.17) is 24.3 Å². The van der Waals surface area contributed by atoms with Crippen LogP contribution in [0.3, 0.4) is 0 Å². The maximum atomic E-state index is 10.6. The largest absolute Gasteiger partial charge is 0.490 e. The Hall–Kier alpha value is -3.23. The van der Waals surface area contributed by atoms with Gasteiger partial charge in [-0.1, -0.05) is 18.1 Å². The number of carboxylic acids is 2. The molecule has 2 aromatic rings. The highest BCUT2D eigenvalue weighted by atomic mass is 19.4. The lowest BCUT2D eigenvalue weighted by Gasteiger charge is -2.17. The first-order valence-electron chi connectivity index (χ1n) is 9.57. The van der Waals surface area contributed by atoms with Crippen LogP contribution < -0.4 is 5.32 Å². The normalized spacial score (nSPS) is 13.0. The first kappa shape index (κ1) is 30.8. The van der Waals surface area contributed by atoms with E-state index in [0.29, 0.717) is 5.89 Å². The van der Waals surface area contributed by atoms with Gasteiger partial charge in [-0.2, -0.15) is 31.3 Å². The van der Waals surface area contributed by atoms with E-state index in [0.717, 1.165) is 24.4 Å². The van der Waals surface area contributed by atoms with Crippen molar-refractivity contribution >= 4 is 11.9 Å². The van der Waals surface area contributed by atoms with Gasteiger partial charge in [-0.3, -0.25) is 4.98 Å². The van der Waals surface area contributed by atoms with Crippen molar-refractivity contribution < 1.29 is 50.7 Å². The summed E-state index contributed by atoms with van der Waals surface area (Å²) in [6.07, 6.45) is -6.60. The summed E-state index contributed by atoms with van der Waals surface area (Å²) in [5.74, 6) is -4.12. The number of aryl methyl sites for hydroxylation is 2. The topological polar surface area (TPSA) is 138 Å². The second-order valence-electron chi connectivity index (χ2n) is 6.83. The molecule has 0 aromatic carbocycles. The molecule has 192 valence electrons. The van der Waals surface area contributed by atoms with Crippen LogP contribution in [0.2, 0.25) is 0 Å². The molecule has 0 fully saturated rings. The van der Waals surface area contributed by atoms with Gasteiger partial charge < -0.3 is 20.1 Å². The zero-order valence-electron chi connectivity index (χ0n) is 18.5. The zero-order chi connectivity index (χ0) is 26.7. The van der Waals surface area contributed by atoms with Crippen molar-refractivity contribution in [2.24, 2.45) is 0 Å². The zero-order valence-corrected chi connectivity index (χ0v) is 18.5. The molecule has 34 heavy (non-hydrogen) atoms. The number of alkyl halides is 6. The molecule has 0 aliphatic carbocycles. The summed E-state index contributed by atoms with van der Waals surface area (Å²) in [4.78, 5) is 26.6. The lowest BCUT2D eigenvalue weighted by Crippen LogP contribution is -2.31. The lowest BCUT2D eigenvalue weighted by atomic mass is 10.1. The number of aliphatic carboxylic acids is 2. The van der Waals surface area contributed by atoms with Crippen LogP contribution in [0.15, 0.2) is 22.9 Å². The lowest BCUT2D eigenvalue weighted by molar-refractivity contribution is -0.193. The summed E-state index contributed by atoms with van der Waals surface area (Å²) in [5, 5.41) is 21.6. The first-order valence-corrected chi connectivity index (χ1v) is 9.57. The monoisotopic (exact) mass is 502 g/mol. The molecule has 2 unspecified atom stereocenters. The third kappa shape index (κ3) is 12.7. The molecule has 0 bridgehead atoms. The van der Waals surface area contributed by atoms with Gasteiger partial charge in [0.1, 0.15) is 0 Å². The molecule has 0 radical (unpaired) electrons. The summed E-state index contributed by atoms with van der Waals surface area (Å²) >= 11 is 0. The highest BCUT2D eigenvalue weighted by Crippen LogP contribution is 2.14. The molecular formula is C19H24F6N4O5. The van der Waals surface area contributed by atoms with E-state index in [1.54, 1.807) is 0 Å². The number of carboxylic acid groups (broad SMARTS) is 2. The Bertz CT molecular complexity index is 876. The Morgan fingerprint density at radius 2 is 1.56 bits per heavy atom. The maximum absolute atomic E-state index is 10.6. The van der Waals surface area contributed by atoms with Crippen molar-refractivity contribution in [1.29, 1.82) is 0 Å². The van der Waals surface area contributed by atoms with Crippen molar-refractivity contribution in [2.45, 2.75) is 65.0 Å². The van der Waals surface area contributed by atoms with Crippen molar-refractivity contribution in [2.75, 3.05) is 0 Å². The molecular weight excluding hydrogens is 478 g/mol. The molecule has 9 nitrogen and oxygen atoms in total. The molecule has 15 heteroatoms. The van der Waals surface area contributed by atoms with Gasteiger partial charge >= 0.3 is 24.3 Å². The van der Waals surface area contributed by atoms with Crippen LogP contribution in [0.4, 0.5) is 26.3 Å². The summed E-state index contributed by atoms with van der Waals surface area (Å²) in [6.45, 7) is 8.22. The molecule has 0 aliphatic heterocycles. The number of aromatic nitrogens is 3. The molecule has 2 atom stereocenters. The van der Waals surface area contributed by atoms with Crippen LogP contribution in [0.1, 0.15) is 49.8 Å². The Morgan fingerprint density at radius 3 is 1.91 bits per heavy atom. The fourth-order valence-corrected chi connectivity index (χ4v) is 2.08. The average molecular weight is 502 g/mol. The third-order valence-corrected chi connectivity index (χ3v) is 3.68. The highest BCUT2D eigenvalue weighted by molar-refractivity contribution is 5.73. The second kappa shape index (κ2) is 13.5. The molecule has 2 rings (SSSR count). The molecule has 2 heterocycles. The standard InChI is InChI=1S/C15H22N4O.2C2HF3O2/c1-5-14-18-15(20-19-14)12(4)17-11(3)8-13-7-6-10(2)9-16-13;2*3-2(4,5)1(6)7/h6-7,9,11-12,17H,5,8H2,1-4H3;2*(H,6,7). The number of hydrogen-bond acceptors (Lipinski definition) is 7. The predicted octanol–water partition coefficient (Wildman–Crippen LogP) is 3.88. The van der Waals surface area contributed by atoms with Crippen molar-refractivity contribution in [3.05, 3.63) is 41.3 Å². The second-order valence-corrected chi connectivity index (χ2v) is 6.83. The van der Waals surface area contributed by atoms with Crippen LogP contribution >= 0.6 is 0 Å². The number of nitrogens with one attached hydrogen (secondary N) is 1. The SMILES string of the molecule is CCc1noc(C(C)NC(C)Cc2ccc(C)cn2)n1.O=C(O)C(F)(F)F.O=C(O)C(F)(F)F. The number of pyridine rings is 1. The Balaban J connectivity index is 0.000000642. The number of nitrogens with zero attached hydrogens (tertiary/aromatic N) is 3. The predicted molar refractivity (Wildman–Crippen MR) is 105 cm³/mol. The van der Waals surface area contributed by atoms with E-state index >= 15 is 0 Å². The van der Waals surface area contributed by atoms with Crippen LogP contribution in [0.25, 0.3) is 0 Å². The number of hydrogen-bond donors (Lipinski definition) is 3. The third-order valence-electron chi connectivity index (χ3n) is 3.68. The molecule has 0 amide bonds. The van der Waals surface area contributed by atoms with Gasteiger partial charge in [0.15, 0.2) is 5.82 Å². The van der Waals surface area contributed by atoms with E-state index in [9.17, 15) is 26.3 Å². The number of carbonyl (C=O) groups is 2. The maximum Gasteiger partial charge on any atom is 0.490 e. The average Bonchev–Trinajstić information content (AvgIpc) is 3.19. The summed E-state index contributed by atoms with van der Waals surface area (Å²) < 4.78 is 68.7. The van der Waals surface area contributed by atoms with E-state index in [1.807, 2.05) is 27.0 Å². The van der Waals surface area contributed by atoms with Gasteiger partial charge in [0, 0.05) is 30.8 Å². The first-order chi connectivity index (χ1) is 15.5. The van der Waals surface area contributed by atoms with Crippen molar-refractivity contribution in [3.63, 3.8) is 0 Å². The van der Waals surface area contributed by atoms with Gasteiger partial charge in [-0.05, 0) is 32.4 Å². The molecule has 3 N–H and O–H groups in total. The van der Waals surface area contributed by atoms with E-state index in [2.05, 4.69) is 39.5 Å². The van der Waals surface area contributed by atoms with Gasteiger partial charge in [-0.25, -0.2) is 9.59 Å². The van der Waals surface area contributed by atoms with Gasteiger partial charge in [0.05, 0.1) is 6.04 Å². The molecule has 0 saturated heterocycles. The Kier molecular flexibility index (Phi) is 12.2. The minimum atomic E-state index is -5.08. The fourth-order valence-electron chi connectivity index (χ4n) is 2.08. The molecule has 2 aromatic heterocycles. The van der Waals surface area contributed by atoms with Crippen LogP contribution in [-0.4, -0.2) is 55.7 Å². The van der Waals surface area contributed by atoms with Gasteiger partial charge in [-0.15, -0.1) is 0 Å². The van der Waals surface area contributed by atoms with Crippen molar-refractivity contribution in [1.82, 2.24) is 20.4 Å². The number of rotatable bonds is 6. The van der Waals surface area contributed by atoms with Gasteiger partial charge in [0.2, 0.25) is 5.89 Å². The quantitative estimate of drug-likeness (QED) is 0.502. The van der Waals surface area contributed by atoms with E-state index in [-0.39, 0.29) is 12.1 Å². The Morgan fingerprint density at radius 1 is 1.06 bits per heavy atom. The highest BCUT2D eigenvalue weighted by Gasteiger charge is 2.38. The van der Waals surface area contributed by atoms with Crippen LogP contribution in [-0.2, 0) is 22.4 Å². The Labute approximate surface area is 190 Å². The summed E-state index contributed by atoms with van der Waals surface area (Å²) in [6, 6.07) is 4.49. The molecule has 0 spiro atoms. The van der Waals surface area contributed by atoms with E-state index < -0.39 is 24.3 Å². The van der Waals surface area contributed by atoms with Gasteiger partial charge in [0.25, 0.3) is 0 Å². The fraction of sp³-hybridized carbons (Fsp3) is 0.526. The minimum Gasteiger partial charge on any atom is -0.475 e. The summed E-state index contributed by atoms with van der Waals surface area (Å²) in [5.41, 5.74) is 2.27. The minimum absolute atomic E-state index is 0.0447. The smallest absolute Gasteiger partial charge is 0.475 e. The number of halogens is 6. The van der Waals surface area contributed by atoms with Crippen LogP contribution in [0.5, 0.6) is 0 Å². The molecule has 0 aliphatic rings. The van der Waals surface area contributed by atoms with Crippen molar-refractivity contribution in [3.8, 4) is 0 Å². The summed E-state index contributed by atoms with van der Waals surface area (Å²) in [7, 11) is 0. The van der Waals surface area contributed by atoms with Crippen LogP contribution in [0, 0.1) is 6.92 Å². The molecule has 0 saturated carbocycles.